The summed E-state index contributed by atoms with van der Waals surface area (Å²) in [5, 5.41) is 5.31. The van der Waals surface area contributed by atoms with Gasteiger partial charge < -0.3 is 31.1 Å². The van der Waals surface area contributed by atoms with E-state index in [0.717, 1.165) is 25.3 Å². The van der Waals surface area contributed by atoms with Gasteiger partial charge in [0, 0.05) is 48.5 Å². The zero-order valence-electron chi connectivity index (χ0n) is 33.9. The first-order valence-electron chi connectivity index (χ1n) is 18.7. The lowest BCUT2D eigenvalue weighted by molar-refractivity contribution is 0.0979. The third-order valence-corrected chi connectivity index (χ3v) is 15.4. The summed E-state index contributed by atoms with van der Waals surface area (Å²) in [5.41, 5.74) is 15.7. The maximum Gasteiger partial charge on any atom is 0.345 e. The van der Waals surface area contributed by atoms with Gasteiger partial charge in [-0.15, -0.1) is 0 Å². The van der Waals surface area contributed by atoms with Crippen LogP contribution in [0.25, 0.3) is 22.4 Å². The Morgan fingerprint density at radius 1 is 0.683 bits per heavy atom. The van der Waals surface area contributed by atoms with Crippen molar-refractivity contribution in [2.45, 2.75) is 18.2 Å². The number of nitrogen functional groups attached to an aromatic ring is 2. The van der Waals surface area contributed by atoms with Crippen LogP contribution < -0.4 is 26.8 Å². The van der Waals surface area contributed by atoms with Crippen molar-refractivity contribution < 1.29 is 44.8 Å². The SMILES string of the molecule is COP(=O)(CS(=O)(=O)c1ccc(NC(=O)c2cc(-c3ccc(CCS(=O)(=O)NC(=O)c4ccc(NC(=O)c5nc(-c6ccc(C)cc6)cnc5N)cc4)cc3)cnc2N)cc1)OC. The standard InChI is InChI=1S/C42H41N8O10PS2/c1-26-4-8-29(9-5-26)36-24-46-39(44)37(49-36)42(53)48-32-14-12-30(13-15-32)40(51)50-63(57,58)21-20-27-6-10-28(11-7-27)31-22-35(38(43)45-23-31)41(52)47-33-16-18-34(19-17-33)62(55,56)25-61(54,59-2)60-3/h4-19,22-24H,20-21,25H2,1-3H3,(H2,43,45)(H2,44,46)(H,47,52)(H,48,53)(H,50,51). The molecule has 0 saturated heterocycles. The van der Waals surface area contributed by atoms with Gasteiger partial charge in [0.05, 0.1) is 28.1 Å². The van der Waals surface area contributed by atoms with E-state index in [9.17, 15) is 35.8 Å². The van der Waals surface area contributed by atoms with Gasteiger partial charge in [-0.1, -0.05) is 54.1 Å². The number of nitrogens with one attached hydrogen (secondary N) is 3. The van der Waals surface area contributed by atoms with E-state index in [1.165, 1.54) is 67.0 Å². The number of pyridine rings is 1. The predicted octanol–water partition coefficient (Wildman–Crippen LogP) is 5.70. The van der Waals surface area contributed by atoms with E-state index in [1.54, 1.807) is 24.3 Å². The number of sulfonamides is 1. The van der Waals surface area contributed by atoms with Gasteiger partial charge in [-0.2, -0.15) is 0 Å². The number of hydrogen-bond acceptors (Lipinski definition) is 15. The molecule has 2 aromatic heterocycles. The summed E-state index contributed by atoms with van der Waals surface area (Å²) >= 11 is 0. The number of carbonyl (C=O) groups excluding carboxylic acids is 3. The third-order valence-electron chi connectivity index (χ3n) is 9.48. The van der Waals surface area contributed by atoms with Crippen molar-refractivity contribution in [2.24, 2.45) is 0 Å². The maximum atomic E-state index is 13.2. The van der Waals surface area contributed by atoms with Gasteiger partial charge in [0.15, 0.2) is 26.8 Å². The average molecular weight is 913 g/mol. The zero-order chi connectivity index (χ0) is 45.5. The molecule has 0 radical (unpaired) electrons. The second-order valence-corrected chi connectivity index (χ2v) is 20.5. The van der Waals surface area contributed by atoms with Crippen molar-refractivity contribution in [2.75, 3.05) is 47.6 Å². The number of anilines is 4. The van der Waals surface area contributed by atoms with Crippen molar-refractivity contribution >= 4 is 68.2 Å². The highest BCUT2D eigenvalue weighted by molar-refractivity contribution is 7.97. The molecule has 0 saturated carbocycles. The van der Waals surface area contributed by atoms with Gasteiger partial charge in [0.1, 0.15) is 5.82 Å². The lowest BCUT2D eigenvalue weighted by Gasteiger charge is -2.14. The van der Waals surface area contributed by atoms with E-state index >= 15 is 0 Å². The van der Waals surface area contributed by atoms with Crippen molar-refractivity contribution in [1.29, 1.82) is 0 Å². The molecule has 0 aliphatic rings. The number of nitrogens with two attached hydrogens (primary N) is 2. The summed E-state index contributed by atoms with van der Waals surface area (Å²) in [5.74, 6) is -2.64. The summed E-state index contributed by atoms with van der Waals surface area (Å²) in [7, 11) is -9.80. The van der Waals surface area contributed by atoms with Crippen molar-refractivity contribution in [1.82, 2.24) is 19.7 Å². The molecule has 0 fully saturated rings. The molecule has 4 aromatic carbocycles. The van der Waals surface area contributed by atoms with Crippen LogP contribution in [0.5, 0.6) is 0 Å². The van der Waals surface area contributed by atoms with Gasteiger partial charge in [0.2, 0.25) is 10.0 Å². The molecule has 2 heterocycles. The number of aromatic nitrogens is 3. The summed E-state index contributed by atoms with van der Waals surface area (Å²) < 4.78 is 75.2. The molecular weight excluding hydrogens is 872 g/mol. The highest BCUT2D eigenvalue weighted by atomic mass is 32.2. The molecule has 0 aliphatic carbocycles. The molecule has 63 heavy (non-hydrogen) atoms. The number of nitrogens with zero attached hydrogens (tertiary/aromatic N) is 3. The highest BCUT2D eigenvalue weighted by Crippen LogP contribution is 2.48. The number of benzene rings is 4. The van der Waals surface area contributed by atoms with Gasteiger partial charge in [-0.25, -0.2) is 36.5 Å². The summed E-state index contributed by atoms with van der Waals surface area (Å²) in [6.07, 6.45) is 3.01. The molecule has 18 nitrogen and oxygen atoms in total. The number of sulfone groups is 1. The van der Waals surface area contributed by atoms with Crippen LogP contribution in [-0.2, 0) is 39.9 Å². The quantitative estimate of drug-likeness (QED) is 0.0728. The number of aryl methyl sites for hydroxylation is 2. The second kappa shape index (κ2) is 19.1. The van der Waals surface area contributed by atoms with Crippen LogP contribution in [0, 0.1) is 6.92 Å². The van der Waals surface area contributed by atoms with Crippen molar-refractivity contribution in [3.05, 3.63) is 143 Å². The highest BCUT2D eigenvalue weighted by Gasteiger charge is 2.31. The maximum absolute atomic E-state index is 13.2. The lowest BCUT2D eigenvalue weighted by atomic mass is 10.0. The molecule has 21 heteroatoms. The summed E-state index contributed by atoms with van der Waals surface area (Å²) in [4.78, 5) is 51.6. The first-order valence-corrected chi connectivity index (χ1v) is 23.8. The van der Waals surface area contributed by atoms with E-state index in [4.69, 9.17) is 20.5 Å². The van der Waals surface area contributed by atoms with E-state index in [0.29, 0.717) is 28.1 Å². The van der Waals surface area contributed by atoms with E-state index in [2.05, 4.69) is 30.3 Å². The Kier molecular flexibility index (Phi) is 13.8. The fourth-order valence-corrected chi connectivity index (χ4v) is 10.7. The summed E-state index contributed by atoms with van der Waals surface area (Å²) in [6.45, 7) is 1.95. The first kappa shape index (κ1) is 45.7. The minimum atomic E-state index is -4.07. The van der Waals surface area contributed by atoms with Gasteiger partial charge in [-0.3, -0.25) is 18.9 Å². The number of hydrogen-bond donors (Lipinski definition) is 5. The van der Waals surface area contributed by atoms with Crippen LogP contribution in [-0.4, -0.2) is 75.0 Å². The zero-order valence-corrected chi connectivity index (χ0v) is 36.5. The Bertz CT molecular complexity index is 2950. The van der Waals surface area contributed by atoms with Gasteiger partial charge in [0.25, 0.3) is 17.7 Å². The van der Waals surface area contributed by atoms with Gasteiger partial charge in [-0.05, 0) is 79.1 Å². The Hall–Kier alpha value is -6.83. The molecule has 0 spiro atoms. The van der Waals surface area contributed by atoms with Gasteiger partial charge >= 0.3 is 7.60 Å². The smallest absolute Gasteiger partial charge is 0.345 e. The normalized spacial score (nSPS) is 11.7. The van der Waals surface area contributed by atoms with E-state index < -0.39 is 56.4 Å². The third kappa shape index (κ3) is 11.6. The molecule has 7 N–H and O–H groups in total. The average Bonchev–Trinajstić information content (AvgIpc) is 3.26. The molecule has 0 aliphatic heterocycles. The van der Waals surface area contributed by atoms with Crippen LogP contribution in [0.3, 0.4) is 0 Å². The Morgan fingerprint density at radius 2 is 1.25 bits per heavy atom. The molecule has 6 rings (SSSR count). The molecule has 326 valence electrons. The van der Waals surface area contributed by atoms with Crippen molar-refractivity contribution in [3.8, 4) is 22.4 Å². The first-order chi connectivity index (χ1) is 29.9. The van der Waals surface area contributed by atoms with Crippen LogP contribution in [0.4, 0.5) is 23.0 Å². The van der Waals surface area contributed by atoms with Crippen LogP contribution in [0.2, 0.25) is 0 Å². The fraction of sp³-hybridized carbons (Fsp3) is 0.143. The molecule has 6 aromatic rings. The fourth-order valence-electron chi connectivity index (χ4n) is 5.91. The van der Waals surface area contributed by atoms with Crippen LogP contribution >= 0.6 is 7.60 Å². The lowest BCUT2D eigenvalue weighted by Crippen LogP contribution is -2.33. The second-order valence-electron chi connectivity index (χ2n) is 13.9. The minimum Gasteiger partial charge on any atom is -0.383 e. The van der Waals surface area contributed by atoms with E-state index in [-0.39, 0.29) is 45.5 Å². The number of carbonyl (C=O) groups is 3. The number of rotatable bonds is 16. The molecule has 3 amide bonds. The minimum absolute atomic E-state index is 0.0372. The van der Waals surface area contributed by atoms with Crippen LogP contribution in [0.15, 0.2) is 120 Å². The summed E-state index contributed by atoms with van der Waals surface area (Å²) in [6, 6.07) is 26.6. The Labute approximate surface area is 363 Å². The monoisotopic (exact) mass is 912 g/mol. The Morgan fingerprint density at radius 3 is 1.87 bits per heavy atom. The molecule has 0 atom stereocenters. The Balaban J connectivity index is 1.02. The molecule has 0 unspecified atom stereocenters. The predicted molar refractivity (Wildman–Crippen MR) is 238 cm³/mol. The molecular formula is C42H41N8O10PS2. The number of amides is 3. The van der Waals surface area contributed by atoms with Crippen LogP contribution in [0.1, 0.15) is 42.3 Å². The largest absolute Gasteiger partial charge is 0.383 e. The molecule has 0 bridgehead atoms. The van der Waals surface area contributed by atoms with Crippen molar-refractivity contribution in [3.63, 3.8) is 0 Å². The van der Waals surface area contributed by atoms with E-state index in [1.807, 2.05) is 31.2 Å². The topological polar surface area (TPSA) is 282 Å².